The summed E-state index contributed by atoms with van der Waals surface area (Å²) >= 11 is 5.72. The summed E-state index contributed by atoms with van der Waals surface area (Å²) in [6.07, 6.45) is 5.60. The number of halogens is 2. The molecule has 0 spiro atoms. The lowest BCUT2D eigenvalue weighted by molar-refractivity contribution is 0.00448. The van der Waals surface area contributed by atoms with Crippen LogP contribution in [0.5, 0.6) is 0 Å². The second kappa shape index (κ2) is 4.72. The first-order valence-corrected chi connectivity index (χ1v) is 6.13. The maximum Gasteiger partial charge on any atom is 0.141 e. The van der Waals surface area contributed by atoms with Crippen molar-refractivity contribution in [2.45, 2.75) is 44.1 Å². The van der Waals surface area contributed by atoms with E-state index in [9.17, 15) is 9.50 Å². The van der Waals surface area contributed by atoms with E-state index in [1.807, 2.05) is 0 Å². The highest BCUT2D eigenvalue weighted by molar-refractivity contribution is 6.30. The number of hydrogen-bond donors (Lipinski definition) is 1. The quantitative estimate of drug-likeness (QED) is 0.838. The smallest absolute Gasteiger partial charge is 0.141 e. The first kappa shape index (κ1) is 11.9. The van der Waals surface area contributed by atoms with Crippen LogP contribution in [0.4, 0.5) is 4.39 Å². The molecule has 0 heterocycles. The Bertz CT molecular complexity index is 372. The lowest BCUT2D eigenvalue weighted by Crippen LogP contribution is -2.33. The van der Waals surface area contributed by atoms with Crippen LogP contribution in [-0.2, 0) is 6.42 Å². The summed E-state index contributed by atoms with van der Waals surface area (Å²) in [7, 11) is 0. The minimum atomic E-state index is -0.612. The Morgan fingerprint density at radius 3 is 2.56 bits per heavy atom. The lowest BCUT2D eigenvalue weighted by Gasteiger charge is -2.32. The largest absolute Gasteiger partial charge is 0.390 e. The summed E-state index contributed by atoms with van der Waals surface area (Å²) in [6.45, 7) is 0. The third kappa shape index (κ3) is 2.74. The van der Waals surface area contributed by atoms with Crippen LogP contribution in [0.3, 0.4) is 0 Å². The average molecular weight is 243 g/mol. The van der Waals surface area contributed by atoms with Crippen LogP contribution in [0.15, 0.2) is 18.2 Å². The zero-order chi connectivity index (χ0) is 11.6. The molecule has 1 saturated carbocycles. The number of rotatable bonds is 2. The van der Waals surface area contributed by atoms with Gasteiger partial charge in [0.25, 0.3) is 0 Å². The van der Waals surface area contributed by atoms with E-state index in [2.05, 4.69) is 0 Å². The van der Waals surface area contributed by atoms with Crippen LogP contribution < -0.4 is 0 Å². The Labute approximate surface area is 100 Å². The summed E-state index contributed by atoms with van der Waals surface area (Å²) in [5.41, 5.74) is 0.301. The fourth-order valence-electron chi connectivity index (χ4n) is 2.42. The Hall–Kier alpha value is -0.600. The van der Waals surface area contributed by atoms with Gasteiger partial charge >= 0.3 is 0 Å². The van der Waals surface area contributed by atoms with E-state index in [0.29, 0.717) is 6.42 Å². The van der Waals surface area contributed by atoms with Gasteiger partial charge in [-0.1, -0.05) is 36.9 Å². The van der Waals surface area contributed by atoms with Crippen LogP contribution in [0.1, 0.15) is 37.7 Å². The second-order valence-corrected chi connectivity index (χ2v) is 5.12. The van der Waals surface area contributed by atoms with Gasteiger partial charge in [0.1, 0.15) is 5.82 Å². The average Bonchev–Trinajstić information content (AvgIpc) is 2.24. The molecule has 88 valence electrons. The van der Waals surface area contributed by atoms with E-state index >= 15 is 0 Å². The molecule has 1 N–H and O–H groups in total. The lowest BCUT2D eigenvalue weighted by atomic mass is 9.80. The first-order chi connectivity index (χ1) is 7.59. The highest BCUT2D eigenvalue weighted by Crippen LogP contribution is 2.31. The monoisotopic (exact) mass is 242 g/mol. The predicted octanol–water partition coefficient (Wildman–Crippen LogP) is 3.72. The third-order valence-electron chi connectivity index (χ3n) is 3.30. The summed E-state index contributed by atoms with van der Waals surface area (Å²) in [6, 6.07) is 4.68. The van der Waals surface area contributed by atoms with Gasteiger partial charge in [-0.2, -0.15) is 0 Å². The molecule has 0 aliphatic heterocycles. The Morgan fingerprint density at radius 1 is 1.25 bits per heavy atom. The number of benzene rings is 1. The molecule has 3 heteroatoms. The van der Waals surface area contributed by atoms with Gasteiger partial charge in [-0.3, -0.25) is 0 Å². The van der Waals surface area contributed by atoms with Crippen LogP contribution in [-0.4, -0.2) is 10.7 Å². The SMILES string of the molecule is OC1(Cc2ccc(F)c(Cl)c2)CCCCC1. The van der Waals surface area contributed by atoms with Gasteiger partial charge in [0.15, 0.2) is 0 Å². The number of aliphatic hydroxyl groups is 1. The number of hydrogen-bond acceptors (Lipinski definition) is 1. The van der Waals surface area contributed by atoms with Gasteiger partial charge < -0.3 is 5.11 Å². The highest BCUT2D eigenvalue weighted by atomic mass is 35.5. The molecule has 0 saturated heterocycles. The van der Waals surface area contributed by atoms with Gasteiger partial charge in [-0.25, -0.2) is 4.39 Å². The van der Waals surface area contributed by atoms with Crippen molar-refractivity contribution in [1.82, 2.24) is 0 Å². The second-order valence-electron chi connectivity index (χ2n) is 4.71. The van der Waals surface area contributed by atoms with E-state index < -0.39 is 11.4 Å². The fraction of sp³-hybridized carbons (Fsp3) is 0.538. The minimum Gasteiger partial charge on any atom is -0.390 e. The van der Waals surface area contributed by atoms with Gasteiger partial charge in [0, 0.05) is 6.42 Å². The maximum atomic E-state index is 13.0. The van der Waals surface area contributed by atoms with Gasteiger partial charge in [0.2, 0.25) is 0 Å². The Kier molecular flexibility index (Phi) is 3.50. The summed E-state index contributed by atoms with van der Waals surface area (Å²) in [5, 5.41) is 10.5. The van der Waals surface area contributed by atoms with E-state index in [0.717, 1.165) is 31.2 Å². The van der Waals surface area contributed by atoms with Crippen LogP contribution >= 0.6 is 11.6 Å². The molecule has 0 radical (unpaired) electrons. The van der Waals surface area contributed by atoms with Crippen molar-refractivity contribution in [3.63, 3.8) is 0 Å². The molecule has 1 aromatic carbocycles. The molecule has 1 aromatic rings. The van der Waals surface area contributed by atoms with E-state index in [4.69, 9.17) is 11.6 Å². The first-order valence-electron chi connectivity index (χ1n) is 5.75. The van der Waals surface area contributed by atoms with Crippen molar-refractivity contribution < 1.29 is 9.50 Å². The van der Waals surface area contributed by atoms with E-state index in [1.165, 1.54) is 12.5 Å². The van der Waals surface area contributed by atoms with Crippen molar-refractivity contribution >= 4 is 11.6 Å². The molecule has 0 atom stereocenters. The van der Waals surface area contributed by atoms with Crippen molar-refractivity contribution in [3.05, 3.63) is 34.6 Å². The molecule has 0 bridgehead atoms. The summed E-state index contributed by atoms with van der Waals surface area (Å²) in [4.78, 5) is 0. The molecule has 1 aliphatic carbocycles. The normalized spacial score (nSPS) is 19.7. The molecule has 0 aromatic heterocycles. The summed E-state index contributed by atoms with van der Waals surface area (Å²) < 4.78 is 13.0. The van der Waals surface area contributed by atoms with Crippen LogP contribution in [0.25, 0.3) is 0 Å². The molecule has 1 nitrogen and oxygen atoms in total. The van der Waals surface area contributed by atoms with Crippen LogP contribution in [0.2, 0.25) is 5.02 Å². The Morgan fingerprint density at radius 2 is 1.94 bits per heavy atom. The molecular weight excluding hydrogens is 227 g/mol. The molecule has 2 rings (SSSR count). The molecule has 0 unspecified atom stereocenters. The molecule has 1 aliphatic rings. The van der Waals surface area contributed by atoms with Crippen LogP contribution in [0, 0.1) is 5.82 Å². The van der Waals surface area contributed by atoms with E-state index in [-0.39, 0.29) is 5.02 Å². The summed E-state index contributed by atoms with van der Waals surface area (Å²) in [5.74, 6) is -0.402. The third-order valence-corrected chi connectivity index (χ3v) is 3.59. The predicted molar refractivity (Wildman–Crippen MR) is 63.1 cm³/mol. The zero-order valence-electron chi connectivity index (χ0n) is 9.18. The van der Waals surface area contributed by atoms with Crippen molar-refractivity contribution in [3.8, 4) is 0 Å². The van der Waals surface area contributed by atoms with Gasteiger partial charge in [-0.15, -0.1) is 0 Å². The molecular formula is C13H16ClFO. The minimum absolute atomic E-state index is 0.136. The maximum absolute atomic E-state index is 13.0. The standard InChI is InChI=1S/C13H16ClFO/c14-11-8-10(4-5-12(11)15)9-13(16)6-2-1-3-7-13/h4-5,8,16H,1-3,6-7,9H2. The topological polar surface area (TPSA) is 20.2 Å². The van der Waals surface area contributed by atoms with Gasteiger partial charge in [-0.05, 0) is 30.5 Å². The Balaban J connectivity index is 2.10. The zero-order valence-corrected chi connectivity index (χ0v) is 9.93. The van der Waals surface area contributed by atoms with Crippen molar-refractivity contribution in [2.75, 3.05) is 0 Å². The molecule has 0 amide bonds. The fourth-order valence-corrected chi connectivity index (χ4v) is 2.62. The molecule has 1 fully saturated rings. The molecule has 16 heavy (non-hydrogen) atoms. The van der Waals surface area contributed by atoms with Gasteiger partial charge in [0.05, 0.1) is 10.6 Å². The van der Waals surface area contributed by atoms with Crippen molar-refractivity contribution in [1.29, 1.82) is 0 Å². The highest BCUT2D eigenvalue weighted by Gasteiger charge is 2.29. The van der Waals surface area contributed by atoms with E-state index in [1.54, 1.807) is 12.1 Å². The van der Waals surface area contributed by atoms with Crippen molar-refractivity contribution in [2.24, 2.45) is 0 Å².